The molecule has 1 aliphatic rings. The summed E-state index contributed by atoms with van der Waals surface area (Å²) < 4.78 is 14.9. The second-order valence-electron chi connectivity index (χ2n) is 10.6. The van der Waals surface area contributed by atoms with Crippen molar-refractivity contribution in [3.63, 3.8) is 0 Å². The first-order valence-corrected chi connectivity index (χ1v) is 14.2. The zero-order chi connectivity index (χ0) is 29.3. The fraction of sp³-hybridized carbons (Fsp3) is 0.0541. The maximum absolute atomic E-state index is 14.9. The molecule has 0 radical (unpaired) electrons. The number of H-pyrrole nitrogens is 1. The molecule has 0 saturated heterocycles. The Kier molecular flexibility index (Phi) is 6.72. The first-order chi connectivity index (χ1) is 21.1. The molecule has 1 amide bonds. The smallest absolute Gasteiger partial charge is 0.221 e. The average molecular weight is 565 g/mol. The number of carbonyl (C=O) groups excluding carboxylic acids is 1. The largest absolute Gasteiger partial charge is 0.359 e. The van der Waals surface area contributed by atoms with Crippen LogP contribution in [-0.2, 0) is 4.79 Å². The lowest BCUT2D eigenvalue weighted by molar-refractivity contribution is -0.114. The fourth-order valence-corrected chi connectivity index (χ4v) is 5.91. The molecule has 0 bridgehead atoms. The molecule has 6 aromatic rings. The molecule has 1 aromatic heterocycles. The highest BCUT2D eigenvalue weighted by molar-refractivity contribution is 6.02. The van der Waals surface area contributed by atoms with E-state index in [9.17, 15) is 9.18 Å². The quantitative estimate of drug-likeness (QED) is 0.190. The third-order valence-corrected chi connectivity index (χ3v) is 7.73. The Morgan fingerprint density at radius 1 is 0.744 bits per heavy atom. The Labute approximate surface area is 249 Å². The Hall–Kier alpha value is -5.62. The van der Waals surface area contributed by atoms with Crippen molar-refractivity contribution >= 4 is 39.6 Å². The number of hydrogen-bond donors (Lipinski definition) is 3. The lowest BCUT2D eigenvalue weighted by Gasteiger charge is -2.30. The van der Waals surface area contributed by atoms with Gasteiger partial charge in [-0.1, -0.05) is 91.0 Å². The van der Waals surface area contributed by atoms with Crippen LogP contribution in [0.15, 0.2) is 133 Å². The Morgan fingerprint density at radius 2 is 1.35 bits per heavy atom. The third-order valence-electron chi connectivity index (χ3n) is 7.73. The van der Waals surface area contributed by atoms with E-state index in [1.807, 2.05) is 78.9 Å². The van der Waals surface area contributed by atoms with Gasteiger partial charge in [0.05, 0.1) is 17.1 Å². The number of amides is 1. The summed E-state index contributed by atoms with van der Waals surface area (Å²) in [7, 11) is 0. The van der Waals surface area contributed by atoms with Gasteiger partial charge in [0.2, 0.25) is 5.91 Å². The topological polar surface area (TPSA) is 60.2 Å². The first kappa shape index (κ1) is 26.3. The summed E-state index contributed by atoms with van der Waals surface area (Å²) in [6.07, 6.45) is -0.400. The van der Waals surface area contributed by atoms with Gasteiger partial charge in [0.1, 0.15) is 12.0 Å². The molecule has 5 aromatic carbocycles. The number of nitrogens with one attached hydrogen (secondary N) is 3. The molecule has 7 rings (SSSR count). The van der Waals surface area contributed by atoms with E-state index in [1.165, 1.54) is 13.0 Å². The van der Waals surface area contributed by atoms with E-state index in [2.05, 4.69) is 56.9 Å². The minimum Gasteiger partial charge on any atom is -0.359 e. The van der Waals surface area contributed by atoms with Crippen molar-refractivity contribution in [2.75, 3.05) is 10.2 Å². The number of carbonyl (C=O) groups is 1. The summed E-state index contributed by atoms with van der Waals surface area (Å²) in [6.45, 7) is 1.50. The Morgan fingerprint density at radius 3 is 1.98 bits per heavy atom. The predicted octanol–water partition coefficient (Wildman–Crippen LogP) is 8.57. The van der Waals surface area contributed by atoms with E-state index in [0.29, 0.717) is 5.69 Å². The summed E-state index contributed by atoms with van der Waals surface area (Å²) in [5.74, 6) is -0.422. The van der Waals surface area contributed by atoms with Gasteiger partial charge in [-0.3, -0.25) is 4.79 Å². The van der Waals surface area contributed by atoms with Crippen LogP contribution < -0.4 is 15.5 Å². The second-order valence-corrected chi connectivity index (χ2v) is 10.6. The number of aromatic nitrogens is 1. The molecule has 6 heteroatoms. The number of nitrogens with zero attached hydrogens (tertiary/aromatic N) is 1. The predicted molar refractivity (Wildman–Crippen MR) is 172 cm³/mol. The second kappa shape index (κ2) is 11.0. The van der Waals surface area contributed by atoms with Crippen LogP contribution in [0.1, 0.15) is 29.8 Å². The molecule has 43 heavy (non-hydrogen) atoms. The molecule has 1 atom stereocenters. The number of fused-ring (bicyclic) bond motifs is 1. The highest BCUT2D eigenvalue weighted by Gasteiger charge is 2.38. The molecule has 5 nitrogen and oxygen atoms in total. The SMILES string of the molecule is CC(=O)Nc1ccc(N2C(c3ccccc3)=C(c3ccccc3)NC2c2c(-c3ccccc3)[nH]c3ccc(F)cc23)cc1. The van der Waals surface area contributed by atoms with E-state index in [-0.39, 0.29) is 11.7 Å². The maximum atomic E-state index is 14.9. The zero-order valence-corrected chi connectivity index (χ0v) is 23.5. The van der Waals surface area contributed by atoms with Gasteiger partial charge in [0.15, 0.2) is 0 Å². The van der Waals surface area contributed by atoms with Gasteiger partial charge in [-0.15, -0.1) is 0 Å². The van der Waals surface area contributed by atoms with Gasteiger partial charge in [0, 0.05) is 40.3 Å². The highest BCUT2D eigenvalue weighted by atomic mass is 19.1. The molecule has 0 saturated carbocycles. The molecule has 0 aliphatic carbocycles. The highest BCUT2D eigenvalue weighted by Crippen LogP contribution is 2.47. The minimum atomic E-state index is -0.400. The summed E-state index contributed by atoms with van der Waals surface area (Å²) in [5.41, 5.74) is 9.38. The summed E-state index contributed by atoms with van der Waals surface area (Å²) in [4.78, 5) is 17.6. The molecule has 2 heterocycles. The molecule has 1 aliphatic heterocycles. The van der Waals surface area contributed by atoms with Crippen LogP contribution in [0.4, 0.5) is 15.8 Å². The summed E-state index contributed by atoms with van der Waals surface area (Å²) in [5, 5.41) is 7.54. The van der Waals surface area contributed by atoms with Crippen LogP contribution in [0, 0.1) is 5.82 Å². The fourth-order valence-electron chi connectivity index (χ4n) is 5.91. The maximum Gasteiger partial charge on any atom is 0.221 e. The van der Waals surface area contributed by atoms with Crippen LogP contribution in [-0.4, -0.2) is 10.9 Å². The van der Waals surface area contributed by atoms with Crippen molar-refractivity contribution < 1.29 is 9.18 Å². The van der Waals surface area contributed by atoms with Crippen LogP contribution in [0.5, 0.6) is 0 Å². The van der Waals surface area contributed by atoms with Gasteiger partial charge < -0.3 is 20.5 Å². The minimum absolute atomic E-state index is 0.127. The van der Waals surface area contributed by atoms with Crippen molar-refractivity contribution in [3.8, 4) is 11.3 Å². The zero-order valence-electron chi connectivity index (χ0n) is 23.5. The van der Waals surface area contributed by atoms with Crippen molar-refractivity contribution in [2.45, 2.75) is 13.1 Å². The van der Waals surface area contributed by atoms with Gasteiger partial charge >= 0.3 is 0 Å². The van der Waals surface area contributed by atoms with E-state index < -0.39 is 6.17 Å². The first-order valence-electron chi connectivity index (χ1n) is 14.2. The van der Waals surface area contributed by atoms with Gasteiger partial charge in [-0.25, -0.2) is 4.39 Å². The van der Waals surface area contributed by atoms with E-state index >= 15 is 0 Å². The van der Waals surface area contributed by atoms with Crippen molar-refractivity contribution in [3.05, 3.63) is 156 Å². The number of benzene rings is 5. The van der Waals surface area contributed by atoms with Crippen molar-refractivity contribution in [1.29, 1.82) is 0 Å². The van der Waals surface area contributed by atoms with E-state index in [1.54, 1.807) is 12.1 Å². The van der Waals surface area contributed by atoms with Gasteiger partial charge in [-0.05, 0) is 53.6 Å². The number of anilines is 2. The standard InChI is InChI=1S/C37H29FN4O/c1-24(43)39-29-18-20-30(21-19-29)42-36(27-15-9-4-10-16-27)35(26-13-7-3-8-14-26)41-37(42)33-31-23-28(38)17-22-32(31)40-34(33)25-11-5-2-6-12-25/h2-23,37,40-41H,1H3,(H,39,43). The van der Waals surface area contributed by atoms with Crippen LogP contribution in [0.3, 0.4) is 0 Å². The monoisotopic (exact) mass is 564 g/mol. The normalized spacial score (nSPS) is 14.7. The lowest BCUT2D eigenvalue weighted by Crippen LogP contribution is -2.29. The molecule has 0 spiro atoms. The van der Waals surface area contributed by atoms with Crippen LogP contribution in [0.2, 0.25) is 0 Å². The molecule has 0 fully saturated rings. The molecule has 1 unspecified atom stereocenters. The molecular weight excluding hydrogens is 535 g/mol. The third kappa shape index (κ3) is 4.93. The van der Waals surface area contributed by atoms with Crippen LogP contribution in [0.25, 0.3) is 33.6 Å². The molecular formula is C37H29FN4O. The number of hydrogen-bond acceptors (Lipinski definition) is 3. The number of rotatable bonds is 6. The van der Waals surface area contributed by atoms with E-state index in [0.717, 1.165) is 55.9 Å². The number of halogens is 1. The molecule has 3 N–H and O–H groups in total. The van der Waals surface area contributed by atoms with Gasteiger partial charge in [0.25, 0.3) is 0 Å². The Balaban J connectivity index is 1.50. The van der Waals surface area contributed by atoms with Crippen molar-refractivity contribution in [1.82, 2.24) is 10.3 Å². The van der Waals surface area contributed by atoms with E-state index in [4.69, 9.17) is 0 Å². The molecule has 210 valence electrons. The summed E-state index contributed by atoms with van der Waals surface area (Å²) in [6, 6.07) is 43.4. The summed E-state index contributed by atoms with van der Waals surface area (Å²) >= 11 is 0. The van der Waals surface area contributed by atoms with Crippen molar-refractivity contribution in [2.24, 2.45) is 0 Å². The average Bonchev–Trinajstić information content (AvgIpc) is 3.61. The lowest BCUT2D eigenvalue weighted by atomic mass is 10.0. The van der Waals surface area contributed by atoms with Gasteiger partial charge in [-0.2, -0.15) is 0 Å². The van der Waals surface area contributed by atoms with Crippen LogP contribution >= 0.6 is 0 Å². The Bertz CT molecular complexity index is 1950. The number of aromatic amines is 1.